The van der Waals surface area contributed by atoms with Crippen LogP contribution < -0.4 is 5.32 Å². The maximum absolute atomic E-state index is 11.2. The Morgan fingerprint density at radius 3 is 3.06 bits per heavy atom. The van der Waals surface area contributed by atoms with Crippen molar-refractivity contribution < 1.29 is 10.0 Å². The van der Waals surface area contributed by atoms with Gasteiger partial charge in [0.1, 0.15) is 6.21 Å². The van der Waals surface area contributed by atoms with E-state index in [-0.39, 0.29) is 0 Å². The van der Waals surface area contributed by atoms with Gasteiger partial charge in [-0.25, -0.2) is 0 Å². The number of nitrogens with one attached hydrogen (secondary N) is 1. The van der Waals surface area contributed by atoms with Crippen LogP contribution in [0.3, 0.4) is 0 Å². The zero-order valence-corrected chi connectivity index (χ0v) is 8.29. The molecule has 80 valence electrons. The Morgan fingerprint density at radius 1 is 1.38 bits per heavy atom. The number of pyridine rings is 1. The lowest BCUT2D eigenvalue weighted by Crippen LogP contribution is -2.12. The van der Waals surface area contributed by atoms with Gasteiger partial charge in [0.2, 0.25) is 0 Å². The average molecular weight is 215 g/mol. The molecule has 0 aliphatic heterocycles. The number of aromatic nitrogens is 1. The number of oxime groups is 1. The largest absolute Gasteiger partial charge is 0.411 e. The number of carbonyl (C=O) groups is 1. The number of nitrogens with zero attached hydrogens (tertiary/aromatic N) is 2. The van der Waals surface area contributed by atoms with Crippen molar-refractivity contribution in [1.82, 2.24) is 4.98 Å². The van der Waals surface area contributed by atoms with Gasteiger partial charge in [0.25, 0.3) is 5.91 Å². The molecule has 0 aliphatic rings. The molecule has 5 nitrogen and oxygen atoms in total. The summed E-state index contributed by atoms with van der Waals surface area (Å²) in [5.41, 5.74) is 1.43. The minimum absolute atomic E-state index is 0.487. The lowest BCUT2D eigenvalue weighted by atomic mass is 10.2. The summed E-state index contributed by atoms with van der Waals surface area (Å²) in [6.07, 6.45) is 2.48. The summed E-state index contributed by atoms with van der Waals surface area (Å²) in [5.74, 6) is -0.487. The molecule has 0 aliphatic carbocycles. The minimum Gasteiger partial charge on any atom is -0.411 e. The third-order valence-electron chi connectivity index (χ3n) is 2.08. The van der Waals surface area contributed by atoms with E-state index >= 15 is 0 Å². The van der Waals surface area contributed by atoms with Gasteiger partial charge in [-0.2, -0.15) is 0 Å². The Balaban J connectivity index is 2.41. The SMILES string of the molecule is O=C(/C=N/O)Nc1cccc2ncccc12. The predicted molar refractivity (Wildman–Crippen MR) is 60.7 cm³/mol. The number of amides is 1. The van der Waals surface area contributed by atoms with E-state index in [9.17, 15) is 4.79 Å². The van der Waals surface area contributed by atoms with E-state index < -0.39 is 5.91 Å². The van der Waals surface area contributed by atoms with Gasteiger partial charge in [0, 0.05) is 11.6 Å². The van der Waals surface area contributed by atoms with Crippen LogP contribution in [0.5, 0.6) is 0 Å². The van der Waals surface area contributed by atoms with Crippen molar-refractivity contribution in [1.29, 1.82) is 0 Å². The van der Waals surface area contributed by atoms with E-state index in [1.807, 2.05) is 12.1 Å². The van der Waals surface area contributed by atoms with Crippen molar-refractivity contribution in [3.05, 3.63) is 36.5 Å². The molecule has 0 bridgehead atoms. The first-order valence-corrected chi connectivity index (χ1v) is 4.63. The third kappa shape index (κ3) is 1.98. The van der Waals surface area contributed by atoms with E-state index in [4.69, 9.17) is 5.21 Å². The van der Waals surface area contributed by atoms with Crippen LogP contribution in [-0.4, -0.2) is 22.3 Å². The zero-order chi connectivity index (χ0) is 11.4. The second-order valence-electron chi connectivity index (χ2n) is 3.11. The molecule has 16 heavy (non-hydrogen) atoms. The van der Waals surface area contributed by atoms with Gasteiger partial charge >= 0.3 is 0 Å². The molecule has 2 rings (SSSR count). The normalized spacial score (nSPS) is 10.8. The third-order valence-corrected chi connectivity index (χ3v) is 2.08. The quantitative estimate of drug-likeness (QED) is 0.454. The smallest absolute Gasteiger partial charge is 0.270 e. The molecule has 5 heteroatoms. The summed E-state index contributed by atoms with van der Waals surface area (Å²) in [6, 6.07) is 9.05. The Kier molecular flexibility index (Phi) is 2.77. The van der Waals surface area contributed by atoms with Crippen LogP contribution in [0.2, 0.25) is 0 Å². The van der Waals surface area contributed by atoms with Gasteiger partial charge in [0.15, 0.2) is 0 Å². The highest BCUT2D eigenvalue weighted by Crippen LogP contribution is 2.20. The topological polar surface area (TPSA) is 74.6 Å². The first kappa shape index (κ1) is 10.1. The van der Waals surface area contributed by atoms with Gasteiger partial charge in [-0.15, -0.1) is 0 Å². The summed E-state index contributed by atoms with van der Waals surface area (Å²) < 4.78 is 0. The molecule has 1 heterocycles. The summed E-state index contributed by atoms with van der Waals surface area (Å²) in [6.45, 7) is 0. The predicted octanol–water partition coefficient (Wildman–Crippen LogP) is 1.63. The summed E-state index contributed by atoms with van der Waals surface area (Å²) in [4.78, 5) is 15.4. The zero-order valence-electron chi connectivity index (χ0n) is 8.29. The molecule has 0 radical (unpaired) electrons. The standard InChI is InChI=1S/C11H9N3O2/c15-11(7-13-16)14-10-5-1-4-9-8(10)3-2-6-12-9/h1-7,16H,(H,14,15)/b13-7+. The molecule has 0 fully saturated rings. The fraction of sp³-hybridized carbons (Fsp3) is 0. The molecule has 0 saturated heterocycles. The Bertz CT molecular complexity index is 546. The van der Waals surface area contributed by atoms with E-state index in [0.717, 1.165) is 17.1 Å². The van der Waals surface area contributed by atoms with Crippen molar-refractivity contribution in [3.8, 4) is 0 Å². The number of hydrogen-bond donors (Lipinski definition) is 2. The highest BCUT2D eigenvalue weighted by Gasteiger charge is 2.03. The highest BCUT2D eigenvalue weighted by molar-refractivity contribution is 6.32. The van der Waals surface area contributed by atoms with E-state index in [2.05, 4.69) is 15.5 Å². The lowest BCUT2D eigenvalue weighted by molar-refractivity contribution is -0.110. The second-order valence-corrected chi connectivity index (χ2v) is 3.11. The molecule has 2 N–H and O–H groups in total. The van der Waals surface area contributed by atoms with Gasteiger partial charge in [-0.05, 0) is 24.3 Å². The monoisotopic (exact) mass is 215 g/mol. The van der Waals surface area contributed by atoms with Crippen molar-refractivity contribution in [3.63, 3.8) is 0 Å². The molecular formula is C11H9N3O2. The molecule has 1 amide bonds. The Labute approximate surface area is 91.4 Å². The van der Waals surface area contributed by atoms with Crippen LogP contribution in [0.1, 0.15) is 0 Å². The molecular weight excluding hydrogens is 206 g/mol. The molecule has 0 atom stereocenters. The lowest BCUT2D eigenvalue weighted by Gasteiger charge is -2.05. The Morgan fingerprint density at radius 2 is 2.25 bits per heavy atom. The number of hydrogen-bond acceptors (Lipinski definition) is 4. The molecule has 0 saturated carbocycles. The van der Waals surface area contributed by atoms with Crippen LogP contribution in [-0.2, 0) is 4.79 Å². The van der Waals surface area contributed by atoms with Gasteiger partial charge in [-0.3, -0.25) is 9.78 Å². The van der Waals surface area contributed by atoms with Crippen LogP contribution in [0.4, 0.5) is 5.69 Å². The number of anilines is 1. The molecule has 1 aromatic carbocycles. The van der Waals surface area contributed by atoms with Gasteiger partial charge < -0.3 is 10.5 Å². The second kappa shape index (κ2) is 4.39. The van der Waals surface area contributed by atoms with Crippen LogP contribution in [0.15, 0.2) is 41.7 Å². The van der Waals surface area contributed by atoms with Crippen LogP contribution >= 0.6 is 0 Å². The Hall–Kier alpha value is -2.43. The first-order chi connectivity index (χ1) is 7.81. The summed E-state index contributed by atoms with van der Waals surface area (Å²) in [5, 5.41) is 14.3. The van der Waals surface area contributed by atoms with E-state index in [0.29, 0.717) is 5.69 Å². The van der Waals surface area contributed by atoms with E-state index in [1.54, 1.807) is 24.4 Å². The minimum atomic E-state index is -0.487. The number of fused-ring (bicyclic) bond motifs is 1. The fourth-order valence-corrected chi connectivity index (χ4v) is 1.43. The average Bonchev–Trinajstić information content (AvgIpc) is 2.30. The molecule has 1 aromatic heterocycles. The summed E-state index contributed by atoms with van der Waals surface area (Å²) in [7, 11) is 0. The van der Waals surface area contributed by atoms with Crippen molar-refractivity contribution in [2.45, 2.75) is 0 Å². The molecule has 0 unspecified atom stereocenters. The first-order valence-electron chi connectivity index (χ1n) is 4.63. The number of rotatable bonds is 2. The van der Waals surface area contributed by atoms with Crippen molar-refractivity contribution >= 4 is 28.7 Å². The maximum Gasteiger partial charge on any atom is 0.270 e. The summed E-state index contributed by atoms with van der Waals surface area (Å²) >= 11 is 0. The van der Waals surface area contributed by atoms with Crippen LogP contribution in [0, 0.1) is 0 Å². The van der Waals surface area contributed by atoms with Gasteiger partial charge in [0.05, 0.1) is 11.2 Å². The maximum atomic E-state index is 11.2. The fourth-order valence-electron chi connectivity index (χ4n) is 1.43. The van der Waals surface area contributed by atoms with E-state index in [1.165, 1.54) is 0 Å². The van der Waals surface area contributed by atoms with Crippen LogP contribution in [0.25, 0.3) is 10.9 Å². The van der Waals surface area contributed by atoms with Crippen molar-refractivity contribution in [2.75, 3.05) is 5.32 Å². The van der Waals surface area contributed by atoms with Crippen molar-refractivity contribution in [2.24, 2.45) is 5.16 Å². The van der Waals surface area contributed by atoms with Gasteiger partial charge in [-0.1, -0.05) is 11.2 Å². The number of benzene rings is 1. The number of carbonyl (C=O) groups excluding carboxylic acids is 1. The molecule has 0 spiro atoms. The highest BCUT2D eigenvalue weighted by atomic mass is 16.4. The molecule has 2 aromatic rings.